The van der Waals surface area contributed by atoms with Gasteiger partial charge in [0.1, 0.15) is 5.54 Å². The van der Waals surface area contributed by atoms with Crippen molar-refractivity contribution in [3.63, 3.8) is 0 Å². The Morgan fingerprint density at radius 1 is 1.14 bits per heavy atom. The van der Waals surface area contributed by atoms with Crippen LogP contribution in [0, 0.1) is 11.8 Å². The van der Waals surface area contributed by atoms with Gasteiger partial charge in [-0.3, -0.25) is 10.1 Å². The van der Waals surface area contributed by atoms with Crippen molar-refractivity contribution >= 4 is 5.97 Å². The van der Waals surface area contributed by atoms with Crippen molar-refractivity contribution in [3.8, 4) is 0 Å². The number of carbonyl (C=O) groups excluding carboxylic acids is 1. The minimum absolute atomic E-state index is 0.00831. The summed E-state index contributed by atoms with van der Waals surface area (Å²) < 4.78 is 5.51. The molecule has 2 fully saturated rings. The predicted octanol–water partition coefficient (Wildman–Crippen LogP) is 4.06. The fourth-order valence-corrected chi connectivity index (χ4v) is 4.46. The van der Waals surface area contributed by atoms with Gasteiger partial charge in [0.05, 0.1) is 6.61 Å². The van der Waals surface area contributed by atoms with Crippen molar-refractivity contribution in [2.75, 3.05) is 6.61 Å². The van der Waals surface area contributed by atoms with Crippen LogP contribution in [0.5, 0.6) is 0 Å². The van der Waals surface area contributed by atoms with E-state index in [2.05, 4.69) is 19.2 Å². The first-order valence-electron chi connectivity index (χ1n) is 9.05. The van der Waals surface area contributed by atoms with Gasteiger partial charge >= 0.3 is 5.97 Å². The third-order valence-electron chi connectivity index (χ3n) is 5.48. The highest BCUT2D eigenvalue weighted by Gasteiger charge is 2.50. The third-order valence-corrected chi connectivity index (χ3v) is 5.48. The van der Waals surface area contributed by atoms with Gasteiger partial charge in [-0.2, -0.15) is 0 Å². The van der Waals surface area contributed by atoms with Crippen LogP contribution in [0.3, 0.4) is 0 Å². The Morgan fingerprint density at radius 3 is 2.43 bits per heavy atom. The Balaban J connectivity index is 2.20. The van der Waals surface area contributed by atoms with Gasteiger partial charge in [0.15, 0.2) is 0 Å². The van der Waals surface area contributed by atoms with Crippen molar-refractivity contribution in [2.24, 2.45) is 11.8 Å². The fraction of sp³-hybridized carbons (Fsp3) is 0.944. The largest absolute Gasteiger partial charge is 0.465 e. The molecule has 2 saturated carbocycles. The van der Waals surface area contributed by atoms with Crippen LogP contribution in [0.2, 0.25) is 0 Å². The van der Waals surface area contributed by atoms with Crippen molar-refractivity contribution in [3.05, 3.63) is 0 Å². The van der Waals surface area contributed by atoms with Crippen molar-refractivity contribution in [2.45, 2.75) is 90.1 Å². The molecule has 122 valence electrons. The van der Waals surface area contributed by atoms with Gasteiger partial charge in [-0.1, -0.05) is 46.0 Å². The van der Waals surface area contributed by atoms with Crippen LogP contribution >= 0.6 is 0 Å². The zero-order chi connectivity index (χ0) is 15.3. The molecular weight excluding hydrogens is 262 g/mol. The molecule has 0 aromatic heterocycles. The number of carbonyl (C=O) groups is 1. The lowest BCUT2D eigenvalue weighted by molar-refractivity contribution is -0.157. The second kappa shape index (κ2) is 7.62. The summed E-state index contributed by atoms with van der Waals surface area (Å²) >= 11 is 0. The third kappa shape index (κ3) is 3.80. The molecule has 0 spiro atoms. The number of ether oxygens (including phenoxy) is 1. The minimum Gasteiger partial charge on any atom is -0.465 e. The van der Waals surface area contributed by atoms with E-state index >= 15 is 0 Å². The number of hydrogen-bond donors (Lipinski definition) is 1. The molecule has 0 amide bonds. The standard InChI is InChI=1S/C18H33NO2/c1-4-21-17(20)18(19-15-10-6-5-7-11-15)13-9-8-12-16(18)14(2)3/h14-16,19H,4-13H2,1-3H3. The molecule has 2 aliphatic carbocycles. The highest BCUT2D eigenvalue weighted by atomic mass is 16.5. The molecule has 3 nitrogen and oxygen atoms in total. The summed E-state index contributed by atoms with van der Waals surface area (Å²) in [5.74, 6) is 0.937. The van der Waals surface area contributed by atoms with Crippen LogP contribution in [0.4, 0.5) is 0 Å². The Morgan fingerprint density at radius 2 is 1.81 bits per heavy atom. The minimum atomic E-state index is -0.426. The molecule has 2 atom stereocenters. The van der Waals surface area contributed by atoms with Gasteiger partial charge in [-0.25, -0.2) is 0 Å². The maximum Gasteiger partial charge on any atom is 0.326 e. The molecule has 21 heavy (non-hydrogen) atoms. The Bertz CT molecular complexity index is 336. The molecule has 0 radical (unpaired) electrons. The second-order valence-electron chi connectivity index (χ2n) is 7.27. The SMILES string of the molecule is CCOC(=O)C1(NC2CCCCC2)CCCCC1C(C)C. The lowest BCUT2D eigenvalue weighted by atomic mass is 9.67. The highest BCUT2D eigenvalue weighted by Crippen LogP contribution is 2.40. The first-order valence-corrected chi connectivity index (χ1v) is 9.05. The van der Waals surface area contributed by atoms with E-state index in [-0.39, 0.29) is 5.97 Å². The van der Waals surface area contributed by atoms with Crippen LogP contribution in [0.25, 0.3) is 0 Å². The molecule has 1 N–H and O–H groups in total. The summed E-state index contributed by atoms with van der Waals surface area (Å²) in [4.78, 5) is 12.8. The summed E-state index contributed by atoms with van der Waals surface area (Å²) in [6.45, 7) is 6.91. The van der Waals surface area contributed by atoms with Gasteiger partial charge in [-0.15, -0.1) is 0 Å². The number of rotatable bonds is 5. The van der Waals surface area contributed by atoms with Crippen LogP contribution in [-0.2, 0) is 9.53 Å². The molecule has 2 unspecified atom stereocenters. The van der Waals surface area contributed by atoms with Crippen LogP contribution in [-0.4, -0.2) is 24.2 Å². The molecule has 0 bridgehead atoms. The number of esters is 1. The van der Waals surface area contributed by atoms with Crippen LogP contribution < -0.4 is 5.32 Å². The number of nitrogens with one attached hydrogen (secondary N) is 1. The van der Waals surface area contributed by atoms with E-state index in [1.165, 1.54) is 38.5 Å². The first kappa shape index (κ1) is 16.8. The van der Waals surface area contributed by atoms with E-state index in [0.29, 0.717) is 24.5 Å². The fourth-order valence-electron chi connectivity index (χ4n) is 4.46. The lowest BCUT2D eigenvalue weighted by Crippen LogP contribution is -2.63. The summed E-state index contributed by atoms with van der Waals surface area (Å²) in [7, 11) is 0. The summed E-state index contributed by atoms with van der Waals surface area (Å²) in [5.41, 5.74) is -0.426. The normalized spacial score (nSPS) is 31.3. The monoisotopic (exact) mass is 295 g/mol. The lowest BCUT2D eigenvalue weighted by Gasteiger charge is -2.47. The van der Waals surface area contributed by atoms with E-state index in [1.807, 2.05) is 6.92 Å². The quantitative estimate of drug-likeness (QED) is 0.777. The topological polar surface area (TPSA) is 38.3 Å². The molecule has 2 aliphatic rings. The molecule has 0 saturated heterocycles. The van der Waals surface area contributed by atoms with E-state index in [4.69, 9.17) is 4.74 Å². The Labute approximate surface area is 130 Å². The average molecular weight is 295 g/mol. The molecule has 0 aromatic carbocycles. The molecule has 0 heterocycles. The molecular formula is C18H33NO2. The van der Waals surface area contributed by atoms with Crippen molar-refractivity contribution < 1.29 is 9.53 Å². The zero-order valence-electron chi connectivity index (χ0n) is 14.1. The average Bonchev–Trinajstić information content (AvgIpc) is 2.48. The van der Waals surface area contributed by atoms with Crippen molar-refractivity contribution in [1.82, 2.24) is 5.32 Å². The van der Waals surface area contributed by atoms with Crippen LogP contribution in [0.15, 0.2) is 0 Å². The van der Waals surface area contributed by atoms with Crippen LogP contribution in [0.1, 0.15) is 78.6 Å². The van der Waals surface area contributed by atoms with Gasteiger partial charge in [-0.05, 0) is 44.4 Å². The first-order chi connectivity index (χ1) is 10.1. The van der Waals surface area contributed by atoms with E-state index in [1.54, 1.807) is 0 Å². The van der Waals surface area contributed by atoms with Gasteiger partial charge < -0.3 is 4.74 Å². The van der Waals surface area contributed by atoms with E-state index < -0.39 is 5.54 Å². The summed E-state index contributed by atoms with van der Waals surface area (Å²) in [6, 6.07) is 0.502. The van der Waals surface area contributed by atoms with E-state index in [9.17, 15) is 4.79 Å². The predicted molar refractivity (Wildman–Crippen MR) is 86.2 cm³/mol. The highest BCUT2D eigenvalue weighted by molar-refractivity contribution is 5.81. The zero-order valence-corrected chi connectivity index (χ0v) is 14.1. The smallest absolute Gasteiger partial charge is 0.326 e. The molecule has 0 aliphatic heterocycles. The van der Waals surface area contributed by atoms with Crippen molar-refractivity contribution in [1.29, 1.82) is 0 Å². The second-order valence-corrected chi connectivity index (χ2v) is 7.27. The van der Waals surface area contributed by atoms with Gasteiger partial charge in [0.25, 0.3) is 0 Å². The molecule has 0 aromatic rings. The van der Waals surface area contributed by atoms with E-state index in [0.717, 1.165) is 19.3 Å². The maximum atomic E-state index is 12.8. The van der Waals surface area contributed by atoms with Gasteiger partial charge in [0, 0.05) is 6.04 Å². The number of hydrogen-bond acceptors (Lipinski definition) is 3. The maximum absolute atomic E-state index is 12.8. The Hall–Kier alpha value is -0.570. The summed E-state index contributed by atoms with van der Waals surface area (Å²) in [5, 5.41) is 3.81. The Kier molecular flexibility index (Phi) is 6.09. The molecule has 3 heteroatoms. The molecule has 2 rings (SSSR count). The summed E-state index contributed by atoms with van der Waals surface area (Å²) in [6.07, 6.45) is 10.8. The van der Waals surface area contributed by atoms with Gasteiger partial charge in [0.2, 0.25) is 0 Å².